The summed E-state index contributed by atoms with van der Waals surface area (Å²) in [6, 6.07) is 12.5. The molecular formula is C18H21N3O3S. The Bertz CT molecular complexity index is 910. The third-order valence-corrected chi connectivity index (χ3v) is 5.39. The Kier molecular flexibility index (Phi) is 4.67. The first-order valence-electron chi connectivity index (χ1n) is 8.09. The van der Waals surface area contributed by atoms with E-state index in [1.807, 2.05) is 37.3 Å². The molecule has 2 N–H and O–H groups in total. The fourth-order valence-electron chi connectivity index (χ4n) is 2.96. The number of nitrogens with zero attached hydrogens (tertiary/aromatic N) is 1. The summed E-state index contributed by atoms with van der Waals surface area (Å²) in [5.41, 5.74) is 3.87. The van der Waals surface area contributed by atoms with Crippen LogP contribution in [0.25, 0.3) is 0 Å². The first-order chi connectivity index (χ1) is 11.8. The normalized spacial score (nSPS) is 13.9. The van der Waals surface area contributed by atoms with Gasteiger partial charge in [-0.15, -0.1) is 0 Å². The number of hydrogen-bond donors (Lipinski definition) is 2. The molecule has 7 heteroatoms. The van der Waals surface area contributed by atoms with Crippen LogP contribution in [-0.2, 0) is 16.4 Å². The molecule has 132 valence electrons. The van der Waals surface area contributed by atoms with Crippen molar-refractivity contribution in [3.63, 3.8) is 0 Å². The third-order valence-electron chi connectivity index (χ3n) is 4.21. The molecule has 0 saturated heterocycles. The van der Waals surface area contributed by atoms with E-state index in [1.165, 1.54) is 10.6 Å². The van der Waals surface area contributed by atoms with E-state index in [1.54, 1.807) is 12.1 Å². The molecule has 1 heterocycles. The number of nitrogens with one attached hydrogen (secondary N) is 2. The number of benzene rings is 2. The monoisotopic (exact) mass is 359 g/mol. The molecule has 0 bridgehead atoms. The maximum Gasteiger partial charge on any atom is 0.323 e. The summed E-state index contributed by atoms with van der Waals surface area (Å²) >= 11 is 0. The summed E-state index contributed by atoms with van der Waals surface area (Å²) in [7, 11) is -3.33. The molecule has 2 amide bonds. The predicted octanol–water partition coefficient (Wildman–Crippen LogP) is 3.35. The van der Waals surface area contributed by atoms with Crippen LogP contribution in [0.15, 0.2) is 42.5 Å². The lowest BCUT2D eigenvalue weighted by Crippen LogP contribution is -2.34. The van der Waals surface area contributed by atoms with Crippen molar-refractivity contribution in [3.8, 4) is 0 Å². The lowest BCUT2D eigenvalue weighted by Gasteiger charge is -2.29. The SMILES string of the molecule is Cc1ccccc1NC(=O)Nc1ccc2c(c1)N(S(C)(=O)=O)CCC2. The molecule has 0 saturated carbocycles. The van der Waals surface area contributed by atoms with Crippen molar-refractivity contribution < 1.29 is 13.2 Å². The number of fused-ring (bicyclic) bond motifs is 1. The van der Waals surface area contributed by atoms with E-state index in [0.717, 1.165) is 29.7 Å². The Hall–Kier alpha value is -2.54. The van der Waals surface area contributed by atoms with Crippen molar-refractivity contribution >= 4 is 33.1 Å². The standard InChI is InChI=1S/C18H21N3O3S/c1-13-6-3-4-8-16(13)20-18(22)19-15-10-9-14-7-5-11-21(17(14)12-15)25(2,23)24/h3-4,6,8-10,12H,5,7,11H2,1-2H3,(H2,19,20,22). The number of urea groups is 1. The molecule has 0 atom stereocenters. The molecule has 6 nitrogen and oxygen atoms in total. The van der Waals surface area contributed by atoms with Gasteiger partial charge in [-0.25, -0.2) is 13.2 Å². The van der Waals surface area contributed by atoms with E-state index in [-0.39, 0.29) is 6.03 Å². The number of sulfonamides is 1. The van der Waals surface area contributed by atoms with Gasteiger partial charge in [0.05, 0.1) is 11.9 Å². The Morgan fingerprint density at radius 1 is 1.12 bits per heavy atom. The van der Waals surface area contributed by atoms with Crippen molar-refractivity contribution in [2.24, 2.45) is 0 Å². The van der Waals surface area contributed by atoms with Gasteiger partial charge in [-0.1, -0.05) is 24.3 Å². The number of aryl methyl sites for hydroxylation is 2. The minimum atomic E-state index is -3.33. The zero-order chi connectivity index (χ0) is 18.0. The second kappa shape index (κ2) is 6.76. The molecular weight excluding hydrogens is 338 g/mol. The van der Waals surface area contributed by atoms with Crippen molar-refractivity contribution in [2.75, 3.05) is 27.7 Å². The first kappa shape index (κ1) is 17.3. The van der Waals surface area contributed by atoms with E-state index in [0.29, 0.717) is 17.9 Å². The molecule has 2 aromatic rings. The van der Waals surface area contributed by atoms with Gasteiger partial charge in [0.15, 0.2) is 0 Å². The topological polar surface area (TPSA) is 78.5 Å². The highest BCUT2D eigenvalue weighted by Crippen LogP contribution is 2.31. The van der Waals surface area contributed by atoms with Crippen LogP contribution in [0.2, 0.25) is 0 Å². The van der Waals surface area contributed by atoms with Crippen LogP contribution in [0, 0.1) is 6.92 Å². The summed E-state index contributed by atoms with van der Waals surface area (Å²) in [4.78, 5) is 12.2. The molecule has 0 aliphatic carbocycles. The highest BCUT2D eigenvalue weighted by Gasteiger charge is 2.24. The third kappa shape index (κ3) is 3.93. The molecule has 0 spiro atoms. The molecule has 0 aromatic heterocycles. The van der Waals surface area contributed by atoms with E-state index in [2.05, 4.69) is 10.6 Å². The number of rotatable bonds is 3. The van der Waals surface area contributed by atoms with Crippen LogP contribution in [-0.4, -0.2) is 27.2 Å². The van der Waals surface area contributed by atoms with Crippen LogP contribution >= 0.6 is 0 Å². The molecule has 25 heavy (non-hydrogen) atoms. The second-order valence-corrected chi connectivity index (χ2v) is 8.08. The lowest BCUT2D eigenvalue weighted by molar-refractivity contribution is 0.262. The zero-order valence-corrected chi connectivity index (χ0v) is 15.1. The van der Waals surface area contributed by atoms with Crippen molar-refractivity contribution in [3.05, 3.63) is 53.6 Å². The van der Waals surface area contributed by atoms with Crippen LogP contribution in [0.5, 0.6) is 0 Å². The number of anilines is 3. The zero-order valence-electron chi connectivity index (χ0n) is 14.2. The van der Waals surface area contributed by atoms with Crippen LogP contribution in [0.1, 0.15) is 17.5 Å². The molecule has 3 rings (SSSR count). The largest absolute Gasteiger partial charge is 0.323 e. The van der Waals surface area contributed by atoms with Gasteiger partial charge in [0, 0.05) is 17.9 Å². The quantitative estimate of drug-likeness (QED) is 0.882. The van der Waals surface area contributed by atoms with E-state index in [9.17, 15) is 13.2 Å². The Morgan fingerprint density at radius 2 is 1.88 bits per heavy atom. The summed E-state index contributed by atoms with van der Waals surface area (Å²) < 4.78 is 25.4. The van der Waals surface area contributed by atoms with Crippen molar-refractivity contribution in [1.29, 1.82) is 0 Å². The second-order valence-electron chi connectivity index (χ2n) is 6.18. The minimum Gasteiger partial charge on any atom is -0.308 e. The number of carbonyl (C=O) groups excluding carboxylic acids is 1. The number of hydrogen-bond acceptors (Lipinski definition) is 3. The van der Waals surface area contributed by atoms with E-state index in [4.69, 9.17) is 0 Å². The lowest BCUT2D eigenvalue weighted by atomic mass is 10.0. The van der Waals surface area contributed by atoms with Crippen LogP contribution < -0.4 is 14.9 Å². The predicted molar refractivity (Wildman–Crippen MR) is 101 cm³/mol. The van der Waals surface area contributed by atoms with Gasteiger partial charge in [0.1, 0.15) is 0 Å². The van der Waals surface area contributed by atoms with Crippen LogP contribution in [0.3, 0.4) is 0 Å². The Morgan fingerprint density at radius 3 is 2.60 bits per heavy atom. The van der Waals surface area contributed by atoms with Gasteiger partial charge in [-0.3, -0.25) is 4.31 Å². The molecule has 0 unspecified atom stereocenters. The number of amides is 2. The molecule has 0 radical (unpaired) electrons. The Labute approximate surface area is 147 Å². The van der Waals surface area contributed by atoms with E-state index >= 15 is 0 Å². The summed E-state index contributed by atoms with van der Waals surface area (Å²) in [6.45, 7) is 2.38. The smallest absolute Gasteiger partial charge is 0.308 e. The van der Waals surface area contributed by atoms with Crippen molar-refractivity contribution in [1.82, 2.24) is 0 Å². The van der Waals surface area contributed by atoms with Gasteiger partial charge in [0.25, 0.3) is 0 Å². The van der Waals surface area contributed by atoms with E-state index < -0.39 is 10.0 Å². The molecule has 1 aliphatic heterocycles. The van der Waals surface area contributed by atoms with Gasteiger partial charge < -0.3 is 10.6 Å². The fourth-order valence-corrected chi connectivity index (χ4v) is 3.95. The first-order valence-corrected chi connectivity index (χ1v) is 9.94. The fraction of sp³-hybridized carbons (Fsp3) is 0.278. The van der Waals surface area contributed by atoms with Gasteiger partial charge >= 0.3 is 6.03 Å². The highest BCUT2D eigenvalue weighted by molar-refractivity contribution is 7.92. The molecule has 2 aromatic carbocycles. The average Bonchev–Trinajstić information content (AvgIpc) is 2.55. The van der Waals surface area contributed by atoms with Crippen molar-refractivity contribution in [2.45, 2.75) is 19.8 Å². The molecule has 0 fully saturated rings. The maximum atomic E-state index is 12.2. The average molecular weight is 359 g/mol. The Balaban J connectivity index is 1.80. The summed E-state index contributed by atoms with van der Waals surface area (Å²) in [5.74, 6) is 0. The summed E-state index contributed by atoms with van der Waals surface area (Å²) in [5, 5.41) is 5.57. The minimum absolute atomic E-state index is 0.365. The van der Waals surface area contributed by atoms with Gasteiger partial charge in [-0.2, -0.15) is 0 Å². The highest BCUT2D eigenvalue weighted by atomic mass is 32.2. The number of para-hydroxylation sites is 1. The van der Waals surface area contributed by atoms with Gasteiger partial charge in [-0.05, 0) is 49.1 Å². The number of carbonyl (C=O) groups is 1. The van der Waals surface area contributed by atoms with Crippen LogP contribution in [0.4, 0.5) is 21.9 Å². The summed E-state index contributed by atoms with van der Waals surface area (Å²) in [6.07, 6.45) is 2.82. The maximum absolute atomic E-state index is 12.2. The molecule has 1 aliphatic rings. The van der Waals surface area contributed by atoms with Gasteiger partial charge in [0.2, 0.25) is 10.0 Å².